The van der Waals surface area contributed by atoms with Gasteiger partial charge < -0.3 is 0 Å². The molecule has 0 aromatic carbocycles. The predicted molar refractivity (Wildman–Crippen MR) is 26.2 cm³/mol. The minimum atomic E-state index is -6.17. The lowest BCUT2D eigenvalue weighted by molar-refractivity contribution is -0.325. The van der Waals surface area contributed by atoms with Crippen LogP contribution in [0.25, 0.3) is 0 Å². The van der Waals surface area contributed by atoms with Crippen LogP contribution in [0, 0.1) is 6.92 Å². The normalized spacial score (nSPS) is 15.2. The molecule has 0 atom stereocenters. The molecule has 0 fully saturated rings. The Morgan fingerprint density at radius 2 is 1.15 bits per heavy atom. The predicted octanol–water partition coefficient (Wildman–Crippen LogP) is 2.99. The molecule has 1 radical (unpaired) electrons. The second-order valence-corrected chi connectivity index (χ2v) is 2.20. The maximum Gasteiger partial charge on any atom is 0.377 e. The standard InChI is InChI=1S/C5H3F8/c1-3(8,9)5(12,13)4(10,11)2(6)7/h2H,1H2. The molecule has 79 valence electrons. The Morgan fingerprint density at radius 1 is 0.846 bits per heavy atom. The van der Waals surface area contributed by atoms with Crippen LogP contribution in [0.1, 0.15) is 0 Å². The lowest BCUT2D eigenvalue weighted by Crippen LogP contribution is -2.56. The molecule has 0 amide bonds. The first kappa shape index (κ1) is 12.4. The molecule has 0 saturated carbocycles. The van der Waals surface area contributed by atoms with E-state index in [1.165, 1.54) is 6.92 Å². The highest BCUT2D eigenvalue weighted by atomic mass is 19.4. The van der Waals surface area contributed by atoms with E-state index in [-0.39, 0.29) is 0 Å². The highest BCUT2D eigenvalue weighted by molar-refractivity contribution is 4.98. The van der Waals surface area contributed by atoms with E-state index in [2.05, 4.69) is 0 Å². The van der Waals surface area contributed by atoms with Crippen molar-refractivity contribution in [1.29, 1.82) is 0 Å². The van der Waals surface area contributed by atoms with Gasteiger partial charge in [-0.2, -0.15) is 26.3 Å². The van der Waals surface area contributed by atoms with Gasteiger partial charge >= 0.3 is 24.2 Å². The zero-order chi connectivity index (χ0) is 11.1. The summed E-state index contributed by atoms with van der Waals surface area (Å²) >= 11 is 0. The van der Waals surface area contributed by atoms with Crippen molar-refractivity contribution in [1.82, 2.24) is 0 Å². The maximum atomic E-state index is 11.9. The van der Waals surface area contributed by atoms with Crippen LogP contribution in [0.15, 0.2) is 0 Å². The first-order valence-corrected chi connectivity index (χ1v) is 2.71. The molecule has 0 bridgehead atoms. The van der Waals surface area contributed by atoms with Crippen molar-refractivity contribution in [3.63, 3.8) is 0 Å². The Bertz CT molecular complexity index is 177. The number of alkyl halides is 8. The van der Waals surface area contributed by atoms with Crippen LogP contribution in [-0.4, -0.2) is 24.2 Å². The highest BCUT2D eigenvalue weighted by Gasteiger charge is 2.73. The molecule has 8 heteroatoms. The molecule has 0 rings (SSSR count). The third kappa shape index (κ3) is 1.86. The first-order valence-electron chi connectivity index (χ1n) is 2.71. The Labute approximate surface area is 67.5 Å². The molecule has 0 aliphatic rings. The van der Waals surface area contributed by atoms with E-state index in [4.69, 9.17) is 0 Å². The second kappa shape index (κ2) is 2.98. The van der Waals surface area contributed by atoms with E-state index in [0.717, 1.165) is 0 Å². The quantitative estimate of drug-likeness (QED) is 0.635. The van der Waals surface area contributed by atoms with Crippen molar-refractivity contribution in [2.24, 2.45) is 0 Å². The van der Waals surface area contributed by atoms with Gasteiger partial charge in [-0.3, -0.25) is 0 Å². The summed E-state index contributed by atoms with van der Waals surface area (Å²) in [6.07, 6.45) is -4.88. The van der Waals surface area contributed by atoms with Crippen LogP contribution >= 0.6 is 0 Å². The largest absolute Gasteiger partial charge is 0.377 e. The third-order valence-electron chi connectivity index (χ3n) is 1.15. The Kier molecular flexibility index (Phi) is 2.86. The number of rotatable bonds is 3. The van der Waals surface area contributed by atoms with Crippen molar-refractivity contribution in [3.05, 3.63) is 6.92 Å². The monoisotopic (exact) mass is 215 g/mol. The summed E-state index contributed by atoms with van der Waals surface area (Å²) in [5.74, 6) is -17.7. The Balaban J connectivity index is 5.04. The van der Waals surface area contributed by atoms with Crippen LogP contribution < -0.4 is 0 Å². The lowest BCUT2D eigenvalue weighted by Gasteiger charge is -2.29. The molecule has 0 aliphatic heterocycles. The molecule has 0 spiro atoms. The van der Waals surface area contributed by atoms with E-state index in [0.29, 0.717) is 0 Å². The Hall–Kier alpha value is -0.560. The molecular weight excluding hydrogens is 212 g/mol. The number of hydrogen-bond acceptors (Lipinski definition) is 0. The molecule has 0 N–H and O–H groups in total. The average Bonchev–Trinajstić information content (AvgIpc) is 1.84. The second-order valence-electron chi connectivity index (χ2n) is 2.20. The fraction of sp³-hybridized carbons (Fsp3) is 0.800. The van der Waals surface area contributed by atoms with Crippen LogP contribution in [-0.2, 0) is 0 Å². The van der Waals surface area contributed by atoms with Gasteiger partial charge in [0.1, 0.15) is 0 Å². The van der Waals surface area contributed by atoms with Crippen LogP contribution in [0.3, 0.4) is 0 Å². The van der Waals surface area contributed by atoms with Crippen molar-refractivity contribution in [3.8, 4) is 0 Å². The summed E-state index contributed by atoms with van der Waals surface area (Å²) in [7, 11) is 0. The first-order chi connectivity index (χ1) is 5.44. The van der Waals surface area contributed by atoms with Gasteiger partial charge in [-0.15, -0.1) is 0 Å². The van der Waals surface area contributed by atoms with Crippen LogP contribution in [0.2, 0.25) is 0 Å². The van der Waals surface area contributed by atoms with E-state index < -0.39 is 24.2 Å². The topological polar surface area (TPSA) is 0 Å². The van der Waals surface area contributed by atoms with Gasteiger partial charge in [-0.05, 0) is 0 Å². The summed E-state index contributed by atoms with van der Waals surface area (Å²) in [5, 5.41) is 0. The number of halogens is 8. The minimum absolute atomic E-state index is 1.39. The van der Waals surface area contributed by atoms with Crippen LogP contribution in [0.5, 0.6) is 0 Å². The fourth-order valence-electron chi connectivity index (χ4n) is 0.381. The molecule has 0 saturated heterocycles. The maximum absolute atomic E-state index is 11.9. The van der Waals surface area contributed by atoms with Gasteiger partial charge in [-0.1, -0.05) is 0 Å². The van der Waals surface area contributed by atoms with Gasteiger partial charge in [-0.25, -0.2) is 8.78 Å². The molecule has 13 heavy (non-hydrogen) atoms. The smallest absolute Gasteiger partial charge is 0.203 e. The molecule has 0 aliphatic carbocycles. The molecule has 0 heterocycles. The fourth-order valence-corrected chi connectivity index (χ4v) is 0.381. The lowest BCUT2D eigenvalue weighted by atomic mass is 10.1. The van der Waals surface area contributed by atoms with Gasteiger partial charge in [0.05, 0.1) is 0 Å². The SMILES string of the molecule is [CH2]C(F)(F)C(F)(F)C(F)(F)C(F)F. The van der Waals surface area contributed by atoms with E-state index in [9.17, 15) is 35.1 Å². The van der Waals surface area contributed by atoms with E-state index in [1.54, 1.807) is 0 Å². The van der Waals surface area contributed by atoms with E-state index in [1.807, 2.05) is 0 Å². The van der Waals surface area contributed by atoms with Crippen LogP contribution in [0.4, 0.5) is 35.1 Å². The average molecular weight is 215 g/mol. The van der Waals surface area contributed by atoms with Gasteiger partial charge in [0, 0.05) is 6.92 Å². The van der Waals surface area contributed by atoms with Crippen molar-refractivity contribution in [2.45, 2.75) is 24.2 Å². The van der Waals surface area contributed by atoms with E-state index >= 15 is 0 Å². The van der Waals surface area contributed by atoms with Gasteiger partial charge in [0.25, 0.3) is 0 Å². The molecule has 0 aromatic heterocycles. The minimum Gasteiger partial charge on any atom is -0.203 e. The molecular formula is C5H3F8. The van der Waals surface area contributed by atoms with Crippen molar-refractivity contribution < 1.29 is 35.1 Å². The number of hydrogen-bond donors (Lipinski definition) is 0. The summed E-state index contributed by atoms with van der Waals surface area (Å²) in [5.41, 5.74) is 0. The third-order valence-corrected chi connectivity index (χ3v) is 1.15. The zero-order valence-electron chi connectivity index (χ0n) is 5.81. The molecule has 0 nitrogen and oxygen atoms in total. The molecule has 0 aromatic rings. The van der Waals surface area contributed by atoms with Crippen molar-refractivity contribution >= 4 is 0 Å². The van der Waals surface area contributed by atoms with Gasteiger partial charge in [0.2, 0.25) is 0 Å². The zero-order valence-corrected chi connectivity index (χ0v) is 5.81. The summed E-state index contributed by atoms with van der Waals surface area (Å²) < 4.78 is 93.3. The Morgan fingerprint density at radius 3 is 1.23 bits per heavy atom. The summed E-state index contributed by atoms with van der Waals surface area (Å²) in [6, 6.07) is 0. The van der Waals surface area contributed by atoms with Crippen molar-refractivity contribution in [2.75, 3.05) is 0 Å². The highest BCUT2D eigenvalue weighted by Crippen LogP contribution is 2.47. The molecule has 0 unspecified atom stereocenters. The summed E-state index contributed by atoms with van der Waals surface area (Å²) in [4.78, 5) is 0. The van der Waals surface area contributed by atoms with Gasteiger partial charge in [0.15, 0.2) is 0 Å². The summed E-state index contributed by atoms with van der Waals surface area (Å²) in [6.45, 7) is 1.39.